The summed E-state index contributed by atoms with van der Waals surface area (Å²) < 4.78 is 5.26. The van der Waals surface area contributed by atoms with E-state index >= 15 is 0 Å². The first kappa shape index (κ1) is 15.0. The molecule has 1 aromatic carbocycles. The van der Waals surface area contributed by atoms with Gasteiger partial charge in [-0.15, -0.1) is 0 Å². The lowest BCUT2D eigenvalue weighted by Crippen LogP contribution is -2.27. The van der Waals surface area contributed by atoms with E-state index in [2.05, 4.69) is 30.0 Å². The third-order valence-corrected chi connectivity index (χ3v) is 3.05. The minimum absolute atomic E-state index is 0.765. The second kappa shape index (κ2) is 8.95. The van der Waals surface area contributed by atoms with Gasteiger partial charge in [-0.25, -0.2) is 0 Å². The fourth-order valence-electron chi connectivity index (χ4n) is 2.00. The zero-order chi connectivity index (χ0) is 13.2. The van der Waals surface area contributed by atoms with E-state index in [1.807, 2.05) is 6.07 Å². The van der Waals surface area contributed by atoms with Crippen molar-refractivity contribution < 1.29 is 4.74 Å². The van der Waals surface area contributed by atoms with E-state index in [0.717, 1.165) is 38.3 Å². The van der Waals surface area contributed by atoms with E-state index in [1.165, 1.54) is 18.4 Å². The Balaban J connectivity index is 2.56. The number of nitrogens with zero attached hydrogens (tertiary/aromatic N) is 1. The summed E-state index contributed by atoms with van der Waals surface area (Å²) in [7, 11) is 1.71. The molecule has 0 spiro atoms. The fraction of sp³-hybridized carbons (Fsp3) is 0.600. The van der Waals surface area contributed by atoms with Gasteiger partial charge in [0.05, 0.1) is 7.11 Å². The molecule has 0 bridgehead atoms. The molecule has 0 radical (unpaired) electrons. The van der Waals surface area contributed by atoms with Crippen LogP contribution in [-0.2, 0) is 6.54 Å². The van der Waals surface area contributed by atoms with Gasteiger partial charge >= 0.3 is 0 Å². The molecule has 3 nitrogen and oxygen atoms in total. The molecule has 0 unspecified atom stereocenters. The number of rotatable bonds is 9. The van der Waals surface area contributed by atoms with Gasteiger partial charge in [0.2, 0.25) is 0 Å². The number of benzene rings is 1. The molecular formula is C15H26N2O. The van der Waals surface area contributed by atoms with E-state index < -0.39 is 0 Å². The molecule has 18 heavy (non-hydrogen) atoms. The Morgan fingerprint density at radius 2 is 2.00 bits per heavy atom. The van der Waals surface area contributed by atoms with Crippen LogP contribution in [0.25, 0.3) is 0 Å². The van der Waals surface area contributed by atoms with Crippen molar-refractivity contribution in [1.82, 2.24) is 4.90 Å². The van der Waals surface area contributed by atoms with Gasteiger partial charge in [0, 0.05) is 6.54 Å². The monoisotopic (exact) mass is 250 g/mol. The minimum atomic E-state index is 0.765. The molecule has 0 aliphatic carbocycles. The summed E-state index contributed by atoms with van der Waals surface area (Å²) in [4.78, 5) is 2.48. The van der Waals surface area contributed by atoms with Gasteiger partial charge in [-0.3, -0.25) is 4.90 Å². The standard InChI is InChI=1S/C15H26N2O/c1-3-4-10-17(11-6-9-16)13-14-7-5-8-15(12-14)18-2/h5,7-8,12H,3-4,6,9-11,13,16H2,1-2H3. The van der Waals surface area contributed by atoms with E-state index in [4.69, 9.17) is 10.5 Å². The molecule has 0 saturated heterocycles. The van der Waals surface area contributed by atoms with E-state index in [-0.39, 0.29) is 0 Å². The molecule has 0 heterocycles. The Labute approximate surface area is 111 Å². The van der Waals surface area contributed by atoms with Gasteiger partial charge in [-0.1, -0.05) is 25.5 Å². The first-order valence-electron chi connectivity index (χ1n) is 6.85. The average molecular weight is 250 g/mol. The van der Waals surface area contributed by atoms with Crippen LogP contribution < -0.4 is 10.5 Å². The zero-order valence-electron chi connectivity index (χ0n) is 11.7. The molecule has 0 aliphatic rings. The Morgan fingerprint density at radius 3 is 2.67 bits per heavy atom. The van der Waals surface area contributed by atoms with Crippen molar-refractivity contribution in [2.24, 2.45) is 5.73 Å². The molecule has 2 N–H and O–H groups in total. The number of hydrogen-bond donors (Lipinski definition) is 1. The van der Waals surface area contributed by atoms with Gasteiger partial charge in [0.15, 0.2) is 0 Å². The lowest BCUT2D eigenvalue weighted by molar-refractivity contribution is 0.259. The molecular weight excluding hydrogens is 224 g/mol. The Bertz CT molecular complexity index is 320. The van der Waals surface area contributed by atoms with Crippen LogP contribution >= 0.6 is 0 Å². The van der Waals surface area contributed by atoms with Crippen LogP contribution in [0.2, 0.25) is 0 Å². The molecule has 0 saturated carbocycles. The van der Waals surface area contributed by atoms with Crippen LogP contribution in [0.4, 0.5) is 0 Å². The Hall–Kier alpha value is -1.06. The number of nitrogens with two attached hydrogens (primary N) is 1. The first-order chi connectivity index (χ1) is 8.80. The van der Waals surface area contributed by atoms with Crippen LogP contribution in [0.1, 0.15) is 31.7 Å². The largest absolute Gasteiger partial charge is 0.497 e. The summed E-state index contributed by atoms with van der Waals surface area (Å²) >= 11 is 0. The molecule has 102 valence electrons. The van der Waals surface area contributed by atoms with Gasteiger partial charge in [0.1, 0.15) is 5.75 Å². The first-order valence-corrected chi connectivity index (χ1v) is 6.85. The maximum atomic E-state index is 5.60. The van der Waals surface area contributed by atoms with Crippen LogP contribution in [0.5, 0.6) is 5.75 Å². The van der Waals surface area contributed by atoms with Crippen LogP contribution in [0, 0.1) is 0 Å². The lowest BCUT2D eigenvalue weighted by Gasteiger charge is -2.22. The number of ether oxygens (including phenoxy) is 1. The maximum absolute atomic E-state index is 5.60. The van der Waals surface area contributed by atoms with E-state index in [0.29, 0.717) is 0 Å². The van der Waals surface area contributed by atoms with Gasteiger partial charge < -0.3 is 10.5 Å². The van der Waals surface area contributed by atoms with Crippen molar-refractivity contribution in [1.29, 1.82) is 0 Å². The highest BCUT2D eigenvalue weighted by atomic mass is 16.5. The smallest absolute Gasteiger partial charge is 0.119 e. The van der Waals surface area contributed by atoms with Crippen LogP contribution in [0.3, 0.4) is 0 Å². The summed E-state index contributed by atoms with van der Waals surface area (Å²) in [6.45, 7) is 6.20. The van der Waals surface area contributed by atoms with E-state index in [1.54, 1.807) is 7.11 Å². The van der Waals surface area contributed by atoms with Crippen molar-refractivity contribution in [3.8, 4) is 5.75 Å². The molecule has 1 aromatic rings. The molecule has 3 heteroatoms. The second-order valence-electron chi connectivity index (χ2n) is 4.62. The number of unbranched alkanes of at least 4 members (excludes halogenated alkanes) is 1. The van der Waals surface area contributed by atoms with Crippen molar-refractivity contribution in [3.05, 3.63) is 29.8 Å². The highest BCUT2D eigenvalue weighted by Crippen LogP contribution is 2.14. The van der Waals surface area contributed by atoms with Crippen molar-refractivity contribution in [2.45, 2.75) is 32.7 Å². The molecule has 0 fully saturated rings. The quantitative estimate of drug-likeness (QED) is 0.732. The summed E-state index contributed by atoms with van der Waals surface area (Å²) in [6.07, 6.45) is 3.54. The summed E-state index contributed by atoms with van der Waals surface area (Å²) in [5.74, 6) is 0.932. The molecule has 0 aliphatic heterocycles. The minimum Gasteiger partial charge on any atom is -0.497 e. The van der Waals surface area contributed by atoms with E-state index in [9.17, 15) is 0 Å². The van der Waals surface area contributed by atoms with Gasteiger partial charge in [0.25, 0.3) is 0 Å². The Kier molecular flexibility index (Phi) is 7.46. The zero-order valence-corrected chi connectivity index (χ0v) is 11.7. The predicted molar refractivity (Wildman–Crippen MR) is 76.9 cm³/mol. The number of methoxy groups -OCH3 is 1. The summed E-state index contributed by atoms with van der Waals surface area (Å²) in [5.41, 5.74) is 6.91. The molecule has 0 aromatic heterocycles. The molecule has 0 atom stereocenters. The Morgan fingerprint density at radius 1 is 1.22 bits per heavy atom. The summed E-state index contributed by atoms with van der Waals surface area (Å²) in [5, 5.41) is 0. The van der Waals surface area contributed by atoms with Crippen LogP contribution in [0.15, 0.2) is 24.3 Å². The second-order valence-corrected chi connectivity index (χ2v) is 4.62. The topological polar surface area (TPSA) is 38.5 Å². The highest BCUT2D eigenvalue weighted by molar-refractivity contribution is 5.28. The molecule has 1 rings (SSSR count). The van der Waals surface area contributed by atoms with Crippen LogP contribution in [-0.4, -0.2) is 31.6 Å². The average Bonchev–Trinajstić information content (AvgIpc) is 2.42. The lowest BCUT2D eigenvalue weighted by atomic mass is 10.2. The van der Waals surface area contributed by atoms with Crippen molar-refractivity contribution in [2.75, 3.05) is 26.7 Å². The number of hydrogen-bond acceptors (Lipinski definition) is 3. The fourth-order valence-corrected chi connectivity index (χ4v) is 2.00. The third-order valence-electron chi connectivity index (χ3n) is 3.05. The SMILES string of the molecule is CCCCN(CCCN)Cc1cccc(OC)c1. The maximum Gasteiger partial charge on any atom is 0.119 e. The predicted octanol–water partition coefficient (Wildman–Crippen LogP) is 2.65. The van der Waals surface area contributed by atoms with Gasteiger partial charge in [-0.2, -0.15) is 0 Å². The summed E-state index contributed by atoms with van der Waals surface area (Å²) in [6, 6.07) is 8.31. The van der Waals surface area contributed by atoms with Gasteiger partial charge in [-0.05, 0) is 50.2 Å². The highest BCUT2D eigenvalue weighted by Gasteiger charge is 2.05. The van der Waals surface area contributed by atoms with Crippen molar-refractivity contribution in [3.63, 3.8) is 0 Å². The molecule has 0 amide bonds. The van der Waals surface area contributed by atoms with Crippen molar-refractivity contribution >= 4 is 0 Å². The normalized spacial score (nSPS) is 10.9. The third kappa shape index (κ3) is 5.52.